The van der Waals surface area contributed by atoms with Crippen LogP contribution in [0.2, 0.25) is 0 Å². The molecule has 4 rings (SSSR count). The molecule has 0 radical (unpaired) electrons. The Morgan fingerprint density at radius 1 is 1.38 bits per heavy atom. The van der Waals surface area contributed by atoms with Gasteiger partial charge in [0.1, 0.15) is 17.0 Å². The number of hydrogen-bond acceptors (Lipinski definition) is 4. The second-order valence-electron chi connectivity index (χ2n) is 6.85. The first-order valence-electron chi connectivity index (χ1n) is 8.31. The summed E-state index contributed by atoms with van der Waals surface area (Å²) in [6, 6.07) is 7.98. The summed E-state index contributed by atoms with van der Waals surface area (Å²) in [5.74, 6) is 1.54. The van der Waals surface area contributed by atoms with Gasteiger partial charge in [-0.3, -0.25) is 4.79 Å². The summed E-state index contributed by atoms with van der Waals surface area (Å²) >= 11 is 3.47. The number of amides is 1. The number of carbonyl (C=O) groups excluding carboxylic acids is 1. The van der Waals surface area contributed by atoms with Crippen LogP contribution in [0.15, 0.2) is 33.3 Å². The second-order valence-corrected chi connectivity index (χ2v) is 7.76. The van der Waals surface area contributed by atoms with Crippen LogP contribution in [-0.2, 0) is 0 Å². The number of aryl methyl sites for hydroxylation is 1. The third kappa shape index (κ3) is 2.58. The third-order valence-electron chi connectivity index (χ3n) is 5.37. The SMILES string of the molecule is Cc1onc(-c2cccc(Br)c2)c1C(=O)N1CC2CCC(N)C2C1. The van der Waals surface area contributed by atoms with Crippen LogP contribution in [0.1, 0.15) is 29.0 Å². The summed E-state index contributed by atoms with van der Waals surface area (Å²) < 4.78 is 6.29. The number of halogens is 1. The fourth-order valence-electron chi connectivity index (χ4n) is 4.09. The van der Waals surface area contributed by atoms with Crippen molar-refractivity contribution in [1.82, 2.24) is 10.1 Å². The fourth-order valence-corrected chi connectivity index (χ4v) is 4.49. The number of likely N-dealkylation sites (tertiary alicyclic amines) is 1. The largest absolute Gasteiger partial charge is 0.360 e. The predicted octanol–water partition coefficient (Wildman–Crippen LogP) is 3.22. The molecule has 5 nitrogen and oxygen atoms in total. The minimum absolute atomic E-state index is 0.00493. The number of carbonyl (C=O) groups is 1. The van der Waals surface area contributed by atoms with Crippen molar-refractivity contribution in [1.29, 1.82) is 0 Å². The van der Waals surface area contributed by atoms with E-state index in [0.29, 0.717) is 28.9 Å². The van der Waals surface area contributed by atoms with E-state index < -0.39 is 0 Å². The molecule has 2 aliphatic rings. The molecule has 1 saturated heterocycles. The first-order chi connectivity index (χ1) is 11.5. The molecule has 3 atom stereocenters. The maximum atomic E-state index is 13.1. The van der Waals surface area contributed by atoms with E-state index in [1.165, 1.54) is 0 Å². The number of hydrogen-bond donors (Lipinski definition) is 1. The zero-order chi connectivity index (χ0) is 16.8. The highest BCUT2D eigenvalue weighted by molar-refractivity contribution is 9.10. The monoisotopic (exact) mass is 389 g/mol. The van der Waals surface area contributed by atoms with Gasteiger partial charge in [-0.05, 0) is 43.7 Å². The van der Waals surface area contributed by atoms with Crippen LogP contribution in [-0.4, -0.2) is 35.1 Å². The van der Waals surface area contributed by atoms with Gasteiger partial charge in [-0.2, -0.15) is 0 Å². The molecule has 2 aromatic rings. The molecule has 2 heterocycles. The van der Waals surface area contributed by atoms with Crippen LogP contribution in [0.25, 0.3) is 11.3 Å². The fraction of sp³-hybridized carbons (Fsp3) is 0.444. The Labute approximate surface area is 149 Å². The van der Waals surface area contributed by atoms with Crippen molar-refractivity contribution >= 4 is 21.8 Å². The first-order valence-corrected chi connectivity index (χ1v) is 9.11. The molecule has 1 aliphatic heterocycles. The van der Waals surface area contributed by atoms with Gasteiger partial charge in [0.05, 0.1) is 0 Å². The molecule has 0 bridgehead atoms. The van der Waals surface area contributed by atoms with E-state index in [4.69, 9.17) is 10.3 Å². The summed E-state index contributed by atoms with van der Waals surface area (Å²) in [5.41, 5.74) is 8.25. The lowest BCUT2D eigenvalue weighted by Gasteiger charge is -2.18. The zero-order valence-electron chi connectivity index (χ0n) is 13.5. The van der Waals surface area contributed by atoms with E-state index in [9.17, 15) is 4.79 Å². The van der Waals surface area contributed by atoms with Crippen molar-refractivity contribution < 1.29 is 9.32 Å². The number of benzene rings is 1. The third-order valence-corrected chi connectivity index (χ3v) is 5.87. The Morgan fingerprint density at radius 3 is 2.96 bits per heavy atom. The molecule has 2 N–H and O–H groups in total. The van der Waals surface area contributed by atoms with E-state index in [1.807, 2.05) is 29.2 Å². The van der Waals surface area contributed by atoms with Crippen molar-refractivity contribution in [3.8, 4) is 11.3 Å². The Hall–Kier alpha value is -1.66. The Bertz CT molecular complexity index is 788. The molecule has 3 unspecified atom stereocenters. The van der Waals surface area contributed by atoms with Crippen LogP contribution in [0.4, 0.5) is 0 Å². The highest BCUT2D eigenvalue weighted by Gasteiger charge is 2.43. The minimum Gasteiger partial charge on any atom is -0.360 e. The minimum atomic E-state index is 0.00493. The number of nitrogens with zero attached hydrogens (tertiary/aromatic N) is 2. The second kappa shape index (κ2) is 6.01. The van der Waals surface area contributed by atoms with Gasteiger partial charge in [0.2, 0.25) is 0 Å². The number of fused-ring (bicyclic) bond motifs is 1. The summed E-state index contributed by atoms with van der Waals surface area (Å²) in [5, 5.41) is 4.14. The van der Waals surface area contributed by atoms with Gasteiger partial charge >= 0.3 is 0 Å². The Balaban J connectivity index is 1.65. The van der Waals surface area contributed by atoms with E-state index >= 15 is 0 Å². The van der Waals surface area contributed by atoms with Gasteiger partial charge in [0.25, 0.3) is 5.91 Å². The maximum absolute atomic E-state index is 13.1. The van der Waals surface area contributed by atoms with Crippen molar-refractivity contribution in [2.24, 2.45) is 17.6 Å². The molecule has 1 saturated carbocycles. The number of rotatable bonds is 2. The van der Waals surface area contributed by atoms with Gasteiger partial charge in [-0.25, -0.2) is 0 Å². The number of aromatic nitrogens is 1. The number of nitrogens with two attached hydrogens (primary N) is 1. The van der Waals surface area contributed by atoms with Crippen molar-refractivity contribution in [3.05, 3.63) is 40.1 Å². The topological polar surface area (TPSA) is 72.4 Å². The lowest BCUT2D eigenvalue weighted by atomic mass is 9.98. The molecule has 24 heavy (non-hydrogen) atoms. The van der Waals surface area contributed by atoms with Gasteiger partial charge in [0.15, 0.2) is 0 Å². The summed E-state index contributed by atoms with van der Waals surface area (Å²) in [6.45, 7) is 3.33. The molecule has 2 fully saturated rings. The van der Waals surface area contributed by atoms with Crippen molar-refractivity contribution in [2.45, 2.75) is 25.8 Å². The highest BCUT2D eigenvalue weighted by Crippen LogP contribution is 2.38. The molecular formula is C18H20BrN3O2. The smallest absolute Gasteiger partial charge is 0.259 e. The maximum Gasteiger partial charge on any atom is 0.259 e. The molecule has 1 aromatic carbocycles. The lowest BCUT2D eigenvalue weighted by Crippen LogP contribution is -2.33. The van der Waals surface area contributed by atoms with Crippen LogP contribution in [0.3, 0.4) is 0 Å². The van der Waals surface area contributed by atoms with Crippen molar-refractivity contribution in [2.75, 3.05) is 13.1 Å². The van der Waals surface area contributed by atoms with Crippen LogP contribution in [0, 0.1) is 18.8 Å². The molecule has 1 aromatic heterocycles. The van der Waals surface area contributed by atoms with Crippen LogP contribution >= 0.6 is 15.9 Å². The van der Waals surface area contributed by atoms with Gasteiger partial charge in [-0.15, -0.1) is 0 Å². The average Bonchev–Trinajstić information content (AvgIpc) is 3.23. The summed E-state index contributed by atoms with van der Waals surface area (Å²) in [7, 11) is 0. The molecule has 1 aliphatic carbocycles. The van der Waals surface area contributed by atoms with E-state index in [-0.39, 0.29) is 11.9 Å². The first kappa shape index (κ1) is 15.8. The molecule has 126 valence electrons. The van der Waals surface area contributed by atoms with Crippen LogP contribution in [0.5, 0.6) is 0 Å². The summed E-state index contributed by atoms with van der Waals surface area (Å²) in [6.07, 6.45) is 2.20. The molecule has 1 amide bonds. The van der Waals surface area contributed by atoms with Gasteiger partial charge in [-0.1, -0.05) is 33.2 Å². The van der Waals surface area contributed by atoms with Gasteiger partial charge < -0.3 is 15.2 Å². The molecular weight excluding hydrogens is 370 g/mol. The normalized spacial score (nSPS) is 26.0. The standard InChI is InChI=1S/C18H20BrN3O2/c1-10-16(17(21-24-10)11-3-2-4-13(19)7-11)18(23)22-8-12-5-6-15(20)14(12)9-22/h2-4,7,12,14-15H,5-6,8-9,20H2,1H3. The molecule has 0 spiro atoms. The van der Waals surface area contributed by atoms with E-state index in [0.717, 1.165) is 36.0 Å². The van der Waals surface area contributed by atoms with Crippen LogP contribution < -0.4 is 5.73 Å². The quantitative estimate of drug-likeness (QED) is 0.855. The van der Waals surface area contributed by atoms with Gasteiger partial charge in [0, 0.05) is 29.2 Å². The predicted molar refractivity (Wildman–Crippen MR) is 94.5 cm³/mol. The summed E-state index contributed by atoms with van der Waals surface area (Å²) in [4.78, 5) is 15.0. The Morgan fingerprint density at radius 2 is 2.21 bits per heavy atom. The van der Waals surface area contributed by atoms with E-state index in [2.05, 4.69) is 21.1 Å². The zero-order valence-corrected chi connectivity index (χ0v) is 15.1. The average molecular weight is 390 g/mol. The molecule has 6 heteroatoms. The highest BCUT2D eigenvalue weighted by atomic mass is 79.9. The lowest BCUT2D eigenvalue weighted by molar-refractivity contribution is 0.0778. The Kier molecular flexibility index (Phi) is 3.96. The van der Waals surface area contributed by atoms with Crippen molar-refractivity contribution in [3.63, 3.8) is 0 Å². The van der Waals surface area contributed by atoms with E-state index in [1.54, 1.807) is 6.92 Å².